The number of carbonyl (C=O) groups is 1. The molecule has 0 atom stereocenters. The lowest BCUT2D eigenvalue weighted by Crippen LogP contribution is -1.98. The number of furan rings is 1. The Kier molecular flexibility index (Phi) is 3.04. The molecule has 4 nitrogen and oxygen atoms in total. The third-order valence-electron chi connectivity index (χ3n) is 2.38. The van der Waals surface area contributed by atoms with E-state index in [-0.39, 0.29) is 22.0 Å². The molecule has 1 aromatic carbocycles. The van der Waals surface area contributed by atoms with Gasteiger partial charge in [-0.2, -0.15) is 0 Å². The number of rotatable bonds is 3. The molecule has 6 heteroatoms. The highest BCUT2D eigenvalue weighted by molar-refractivity contribution is 7.90. The Hall–Kier alpha value is -1.95. The van der Waals surface area contributed by atoms with Crippen molar-refractivity contribution in [1.82, 2.24) is 0 Å². The molecule has 0 aliphatic heterocycles. The van der Waals surface area contributed by atoms with Gasteiger partial charge in [0, 0.05) is 6.26 Å². The van der Waals surface area contributed by atoms with Crippen molar-refractivity contribution in [1.29, 1.82) is 0 Å². The van der Waals surface area contributed by atoms with E-state index in [0.29, 0.717) is 6.29 Å². The summed E-state index contributed by atoms with van der Waals surface area (Å²) >= 11 is 0. The molecule has 0 aliphatic carbocycles. The molecule has 2 rings (SSSR count). The lowest BCUT2D eigenvalue weighted by atomic mass is 10.1. The van der Waals surface area contributed by atoms with Gasteiger partial charge in [0.25, 0.3) is 0 Å². The molecular formula is C12H9FO4S. The molecule has 0 radical (unpaired) electrons. The number of sulfone groups is 1. The molecule has 0 saturated carbocycles. The molecule has 0 spiro atoms. The summed E-state index contributed by atoms with van der Waals surface area (Å²) in [5.74, 6) is -0.462. The van der Waals surface area contributed by atoms with Crippen LogP contribution >= 0.6 is 0 Å². The Bertz CT molecular complexity index is 701. The summed E-state index contributed by atoms with van der Waals surface area (Å²) in [4.78, 5) is 10.3. The molecule has 1 heterocycles. The summed E-state index contributed by atoms with van der Waals surface area (Å²) in [6.07, 6.45) is 1.51. The van der Waals surface area contributed by atoms with Gasteiger partial charge in [0.2, 0.25) is 0 Å². The zero-order valence-corrected chi connectivity index (χ0v) is 10.2. The van der Waals surface area contributed by atoms with Gasteiger partial charge in [-0.1, -0.05) is 0 Å². The monoisotopic (exact) mass is 268 g/mol. The average molecular weight is 268 g/mol. The van der Waals surface area contributed by atoms with Gasteiger partial charge >= 0.3 is 0 Å². The predicted octanol–water partition coefficient (Wildman–Crippen LogP) is 2.30. The summed E-state index contributed by atoms with van der Waals surface area (Å²) in [5, 5.41) is 0. The maximum Gasteiger partial charge on any atom is 0.185 e. The van der Waals surface area contributed by atoms with E-state index < -0.39 is 15.7 Å². The quantitative estimate of drug-likeness (QED) is 0.801. The van der Waals surface area contributed by atoms with Crippen molar-refractivity contribution in [2.75, 3.05) is 6.26 Å². The van der Waals surface area contributed by atoms with Crippen LogP contribution in [0, 0.1) is 5.82 Å². The first kappa shape index (κ1) is 12.5. The highest BCUT2D eigenvalue weighted by Crippen LogP contribution is 2.26. The molecule has 0 fully saturated rings. The van der Waals surface area contributed by atoms with E-state index in [4.69, 9.17) is 4.42 Å². The van der Waals surface area contributed by atoms with E-state index in [0.717, 1.165) is 12.3 Å². The van der Waals surface area contributed by atoms with Gasteiger partial charge in [-0.3, -0.25) is 4.79 Å². The minimum atomic E-state index is -3.45. The van der Waals surface area contributed by atoms with Gasteiger partial charge in [-0.25, -0.2) is 12.8 Å². The van der Waals surface area contributed by atoms with Crippen molar-refractivity contribution in [2.24, 2.45) is 0 Å². The second kappa shape index (κ2) is 4.38. The van der Waals surface area contributed by atoms with Crippen molar-refractivity contribution in [3.63, 3.8) is 0 Å². The van der Waals surface area contributed by atoms with Gasteiger partial charge in [0.15, 0.2) is 21.9 Å². The molecule has 1 aromatic heterocycles. The van der Waals surface area contributed by atoms with Gasteiger partial charge in [-0.05, 0) is 30.3 Å². The maximum absolute atomic E-state index is 13.8. The van der Waals surface area contributed by atoms with Crippen molar-refractivity contribution in [3.8, 4) is 11.3 Å². The molecule has 0 unspecified atom stereocenters. The van der Waals surface area contributed by atoms with Gasteiger partial charge in [-0.15, -0.1) is 0 Å². The van der Waals surface area contributed by atoms with Crippen LogP contribution in [0.15, 0.2) is 39.6 Å². The van der Waals surface area contributed by atoms with Crippen LogP contribution in [0.4, 0.5) is 4.39 Å². The smallest absolute Gasteiger partial charge is 0.185 e. The molecule has 0 amide bonds. The number of benzene rings is 1. The minimum Gasteiger partial charge on any atom is -0.453 e. The Morgan fingerprint density at radius 3 is 2.44 bits per heavy atom. The summed E-state index contributed by atoms with van der Waals surface area (Å²) in [6, 6.07) is 6.37. The first-order valence-corrected chi connectivity index (χ1v) is 6.86. The van der Waals surface area contributed by atoms with E-state index >= 15 is 0 Å². The second-order valence-electron chi connectivity index (χ2n) is 3.73. The molecule has 0 bridgehead atoms. The van der Waals surface area contributed by atoms with E-state index in [2.05, 4.69) is 0 Å². The predicted molar refractivity (Wildman–Crippen MR) is 62.6 cm³/mol. The van der Waals surface area contributed by atoms with E-state index in [1.54, 1.807) is 0 Å². The van der Waals surface area contributed by atoms with Gasteiger partial charge in [0.05, 0.1) is 10.5 Å². The zero-order valence-electron chi connectivity index (χ0n) is 9.38. The van der Waals surface area contributed by atoms with Crippen LogP contribution < -0.4 is 0 Å². The summed E-state index contributed by atoms with van der Waals surface area (Å²) in [5.41, 5.74) is 0.107. The zero-order chi connectivity index (χ0) is 13.3. The fourth-order valence-corrected chi connectivity index (χ4v) is 2.12. The SMILES string of the molecule is CS(=O)(=O)c1ccc(-c2ccc(C=O)o2)c(F)c1. The van der Waals surface area contributed by atoms with Crippen LogP contribution in [-0.4, -0.2) is 21.0 Å². The molecule has 0 saturated heterocycles. The molecule has 0 aliphatic rings. The van der Waals surface area contributed by atoms with Crippen LogP contribution in [0.1, 0.15) is 10.6 Å². The number of hydrogen-bond acceptors (Lipinski definition) is 4. The number of hydrogen-bond donors (Lipinski definition) is 0. The van der Waals surface area contributed by atoms with Crippen LogP contribution in [0.5, 0.6) is 0 Å². The highest BCUT2D eigenvalue weighted by Gasteiger charge is 2.14. The standard InChI is InChI=1S/C12H9FO4S/c1-18(15,16)9-3-4-10(11(13)6-9)12-5-2-8(7-14)17-12/h2-7H,1H3. The largest absolute Gasteiger partial charge is 0.453 e. The lowest BCUT2D eigenvalue weighted by molar-refractivity contribution is 0.110. The van der Waals surface area contributed by atoms with Gasteiger partial charge < -0.3 is 4.42 Å². The third kappa shape index (κ3) is 2.33. The molecule has 18 heavy (non-hydrogen) atoms. The van der Waals surface area contributed by atoms with E-state index in [1.165, 1.54) is 24.3 Å². The van der Waals surface area contributed by atoms with Crippen molar-refractivity contribution in [2.45, 2.75) is 4.90 Å². The maximum atomic E-state index is 13.8. The fourth-order valence-electron chi connectivity index (χ4n) is 1.49. The Morgan fingerprint density at radius 2 is 1.94 bits per heavy atom. The highest BCUT2D eigenvalue weighted by atomic mass is 32.2. The van der Waals surface area contributed by atoms with Crippen LogP contribution in [0.25, 0.3) is 11.3 Å². The first-order chi connectivity index (χ1) is 8.41. The Labute approximate surface area is 103 Å². The summed E-state index contributed by atoms with van der Waals surface area (Å²) < 4.78 is 41.3. The van der Waals surface area contributed by atoms with E-state index in [1.807, 2.05) is 0 Å². The lowest BCUT2D eigenvalue weighted by Gasteiger charge is -2.02. The summed E-state index contributed by atoms with van der Waals surface area (Å²) in [6.45, 7) is 0. The fraction of sp³-hybridized carbons (Fsp3) is 0.0833. The first-order valence-electron chi connectivity index (χ1n) is 4.97. The van der Waals surface area contributed by atoms with Crippen LogP contribution in [-0.2, 0) is 9.84 Å². The van der Waals surface area contributed by atoms with Crippen LogP contribution in [0.3, 0.4) is 0 Å². The van der Waals surface area contributed by atoms with Crippen molar-refractivity contribution < 1.29 is 22.0 Å². The number of carbonyl (C=O) groups excluding carboxylic acids is 1. The molecule has 0 N–H and O–H groups in total. The Balaban J connectivity index is 2.51. The molecule has 94 valence electrons. The summed E-state index contributed by atoms with van der Waals surface area (Å²) in [7, 11) is -3.45. The average Bonchev–Trinajstić information content (AvgIpc) is 2.76. The van der Waals surface area contributed by atoms with Crippen molar-refractivity contribution >= 4 is 16.1 Å². The Morgan fingerprint density at radius 1 is 1.22 bits per heavy atom. The van der Waals surface area contributed by atoms with Crippen molar-refractivity contribution in [3.05, 3.63) is 41.9 Å². The minimum absolute atomic E-state index is 0.0802. The normalized spacial score (nSPS) is 11.4. The topological polar surface area (TPSA) is 64.3 Å². The van der Waals surface area contributed by atoms with E-state index in [9.17, 15) is 17.6 Å². The number of aldehydes is 1. The molecular weight excluding hydrogens is 259 g/mol. The van der Waals surface area contributed by atoms with Gasteiger partial charge in [0.1, 0.15) is 11.6 Å². The third-order valence-corrected chi connectivity index (χ3v) is 3.49. The number of halogens is 1. The van der Waals surface area contributed by atoms with Crippen LogP contribution in [0.2, 0.25) is 0 Å². The second-order valence-corrected chi connectivity index (χ2v) is 5.75. The molecule has 2 aromatic rings.